The van der Waals surface area contributed by atoms with E-state index in [1.165, 1.54) is 61.8 Å². The van der Waals surface area contributed by atoms with Gasteiger partial charge in [0.2, 0.25) is 0 Å². The van der Waals surface area contributed by atoms with Crippen molar-refractivity contribution in [2.75, 3.05) is 11.9 Å². The maximum atomic E-state index is 3.49. The monoisotopic (exact) mass is 227 g/mol. The molecule has 17 heavy (non-hydrogen) atoms. The molecule has 0 saturated heterocycles. The van der Waals surface area contributed by atoms with Crippen LogP contribution in [-0.2, 0) is 6.42 Å². The van der Waals surface area contributed by atoms with Crippen LogP contribution in [0, 0.1) is 0 Å². The zero-order valence-electron chi connectivity index (χ0n) is 10.5. The average Bonchev–Trinajstić information content (AvgIpc) is 2.67. The van der Waals surface area contributed by atoms with Gasteiger partial charge in [0.25, 0.3) is 0 Å². The highest BCUT2D eigenvalue weighted by molar-refractivity contribution is 5.69. The maximum absolute atomic E-state index is 3.49. The molecule has 1 aliphatic carbocycles. The topological polar surface area (TPSA) is 12.0 Å². The van der Waals surface area contributed by atoms with Crippen LogP contribution in [0.2, 0.25) is 0 Å². The van der Waals surface area contributed by atoms with E-state index in [1.54, 1.807) is 5.57 Å². The highest BCUT2D eigenvalue weighted by Gasteiger charge is 2.11. The lowest BCUT2D eigenvalue weighted by Crippen LogP contribution is -2.11. The van der Waals surface area contributed by atoms with Gasteiger partial charge in [-0.3, -0.25) is 0 Å². The van der Waals surface area contributed by atoms with Gasteiger partial charge in [0.05, 0.1) is 0 Å². The minimum Gasteiger partial charge on any atom is -0.385 e. The van der Waals surface area contributed by atoms with Crippen LogP contribution in [0.3, 0.4) is 0 Å². The molecule has 0 unspecified atom stereocenters. The number of nitrogens with one attached hydrogen (secondary N) is 1. The van der Waals surface area contributed by atoms with Crippen molar-refractivity contribution in [1.29, 1.82) is 0 Å². The fourth-order valence-electron chi connectivity index (χ4n) is 2.95. The van der Waals surface area contributed by atoms with Crippen molar-refractivity contribution in [1.82, 2.24) is 0 Å². The molecule has 0 amide bonds. The number of aryl methyl sites for hydroxylation is 1. The summed E-state index contributed by atoms with van der Waals surface area (Å²) >= 11 is 0. The summed E-state index contributed by atoms with van der Waals surface area (Å²) in [4.78, 5) is 0. The highest BCUT2D eigenvalue weighted by Crippen LogP contribution is 2.30. The molecule has 0 bridgehead atoms. The summed E-state index contributed by atoms with van der Waals surface area (Å²) in [6.07, 6.45) is 11.6. The van der Waals surface area contributed by atoms with E-state index >= 15 is 0 Å². The zero-order valence-corrected chi connectivity index (χ0v) is 10.5. The third kappa shape index (κ3) is 2.38. The van der Waals surface area contributed by atoms with Gasteiger partial charge in [-0.25, -0.2) is 0 Å². The Morgan fingerprint density at radius 1 is 0.941 bits per heavy atom. The van der Waals surface area contributed by atoms with Gasteiger partial charge in [0.15, 0.2) is 0 Å². The van der Waals surface area contributed by atoms with Crippen LogP contribution < -0.4 is 5.32 Å². The van der Waals surface area contributed by atoms with Crippen molar-refractivity contribution in [3.63, 3.8) is 0 Å². The Morgan fingerprint density at radius 3 is 2.94 bits per heavy atom. The predicted molar refractivity (Wildman–Crippen MR) is 74.3 cm³/mol. The van der Waals surface area contributed by atoms with E-state index in [1.807, 2.05) is 0 Å². The van der Waals surface area contributed by atoms with Gasteiger partial charge in [-0.05, 0) is 67.4 Å². The molecule has 0 radical (unpaired) electrons. The van der Waals surface area contributed by atoms with Gasteiger partial charge < -0.3 is 5.32 Å². The summed E-state index contributed by atoms with van der Waals surface area (Å²) < 4.78 is 0. The van der Waals surface area contributed by atoms with Crippen molar-refractivity contribution in [3.05, 3.63) is 35.4 Å². The van der Waals surface area contributed by atoms with Crippen LogP contribution in [-0.4, -0.2) is 6.54 Å². The standard InChI is InChI=1S/C16H21N/c1-2-4-7-13(6-3-1)14-9-10-16-15(12-14)8-5-11-17-16/h6,9-10,12,17H,1-5,7-8,11H2. The molecule has 1 heteroatoms. The Balaban J connectivity index is 1.89. The molecule has 1 heterocycles. The predicted octanol–water partition coefficient (Wildman–Crippen LogP) is 4.39. The second kappa shape index (κ2) is 4.95. The molecule has 1 aromatic rings. The Bertz CT molecular complexity index is 431. The van der Waals surface area contributed by atoms with E-state index < -0.39 is 0 Å². The summed E-state index contributed by atoms with van der Waals surface area (Å²) in [5.74, 6) is 0. The van der Waals surface area contributed by atoms with Crippen molar-refractivity contribution in [2.45, 2.75) is 44.9 Å². The first-order valence-corrected chi connectivity index (χ1v) is 7.00. The van der Waals surface area contributed by atoms with Crippen LogP contribution in [0.25, 0.3) is 5.57 Å². The van der Waals surface area contributed by atoms with Crippen LogP contribution in [0.5, 0.6) is 0 Å². The number of anilines is 1. The van der Waals surface area contributed by atoms with Crippen LogP contribution in [0.15, 0.2) is 24.3 Å². The first kappa shape index (κ1) is 10.9. The molecule has 0 saturated carbocycles. The minimum atomic E-state index is 1.13. The van der Waals surface area contributed by atoms with Crippen LogP contribution in [0.4, 0.5) is 5.69 Å². The smallest absolute Gasteiger partial charge is 0.0373 e. The summed E-state index contributed by atoms with van der Waals surface area (Å²) in [5.41, 5.74) is 5.92. The molecule has 3 rings (SSSR count). The number of allylic oxidation sites excluding steroid dienone is 2. The van der Waals surface area contributed by atoms with E-state index in [0.717, 1.165) is 6.54 Å². The van der Waals surface area contributed by atoms with Gasteiger partial charge in [-0.1, -0.05) is 18.6 Å². The first-order chi connectivity index (χ1) is 8.43. The second-order valence-electron chi connectivity index (χ2n) is 5.23. The average molecular weight is 227 g/mol. The minimum absolute atomic E-state index is 1.13. The van der Waals surface area contributed by atoms with E-state index in [-0.39, 0.29) is 0 Å². The lowest BCUT2D eigenvalue weighted by molar-refractivity contribution is 0.720. The first-order valence-electron chi connectivity index (χ1n) is 7.00. The van der Waals surface area contributed by atoms with E-state index in [9.17, 15) is 0 Å². The summed E-state index contributed by atoms with van der Waals surface area (Å²) in [7, 11) is 0. The van der Waals surface area contributed by atoms with Crippen molar-refractivity contribution < 1.29 is 0 Å². The number of fused-ring (bicyclic) bond motifs is 1. The zero-order chi connectivity index (χ0) is 11.5. The molecule has 0 fully saturated rings. The van der Waals surface area contributed by atoms with Crippen molar-refractivity contribution >= 4 is 11.3 Å². The van der Waals surface area contributed by atoms with Gasteiger partial charge in [-0.15, -0.1) is 0 Å². The third-order valence-electron chi connectivity index (χ3n) is 3.96. The Kier molecular flexibility index (Phi) is 3.17. The van der Waals surface area contributed by atoms with Gasteiger partial charge in [0.1, 0.15) is 0 Å². The normalized spacial score (nSPS) is 19.9. The number of hydrogen-bond donors (Lipinski definition) is 1. The van der Waals surface area contributed by atoms with Gasteiger partial charge in [-0.2, -0.15) is 0 Å². The molecule has 1 aliphatic heterocycles. The SMILES string of the molecule is C1=C(c2ccc3c(c2)CCCN3)CCCCC1. The summed E-state index contributed by atoms with van der Waals surface area (Å²) in [6.45, 7) is 1.13. The fourth-order valence-corrected chi connectivity index (χ4v) is 2.95. The van der Waals surface area contributed by atoms with Crippen molar-refractivity contribution in [3.8, 4) is 0 Å². The second-order valence-corrected chi connectivity index (χ2v) is 5.23. The lowest BCUT2D eigenvalue weighted by atomic mass is 9.95. The molecule has 0 atom stereocenters. The quantitative estimate of drug-likeness (QED) is 0.750. The Labute approximate surface area is 104 Å². The number of benzene rings is 1. The molecule has 0 spiro atoms. The van der Waals surface area contributed by atoms with Gasteiger partial charge in [0, 0.05) is 12.2 Å². The van der Waals surface area contributed by atoms with E-state index in [4.69, 9.17) is 0 Å². The van der Waals surface area contributed by atoms with Gasteiger partial charge >= 0.3 is 0 Å². The largest absolute Gasteiger partial charge is 0.385 e. The van der Waals surface area contributed by atoms with Crippen LogP contribution in [0.1, 0.15) is 49.7 Å². The lowest BCUT2D eigenvalue weighted by Gasteiger charge is -2.19. The number of rotatable bonds is 1. The molecule has 1 nitrogen and oxygen atoms in total. The number of hydrogen-bond acceptors (Lipinski definition) is 1. The molecular weight excluding hydrogens is 206 g/mol. The molecule has 0 aromatic heterocycles. The molecule has 1 N–H and O–H groups in total. The maximum Gasteiger partial charge on any atom is 0.0373 e. The highest BCUT2D eigenvalue weighted by atomic mass is 14.9. The van der Waals surface area contributed by atoms with Crippen molar-refractivity contribution in [2.24, 2.45) is 0 Å². The Morgan fingerprint density at radius 2 is 1.94 bits per heavy atom. The summed E-state index contributed by atoms with van der Waals surface area (Å²) in [5, 5.41) is 3.49. The van der Waals surface area contributed by atoms with Crippen LogP contribution >= 0.6 is 0 Å². The van der Waals surface area contributed by atoms with E-state index in [0.29, 0.717) is 0 Å². The Hall–Kier alpha value is -1.24. The summed E-state index contributed by atoms with van der Waals surface area (Å²) in [6, 6.07) is 6.99. The molecule has 2 aliphatic rings. The third-order valence-corrected chi connectivity index (χ3v) is 3.96. The molecular formula is C16H21N. The molecule has 1 aromatic carbocycles. The van der Waals surface area contributed by atoms with E-state index in [2.05, 4.69) is 29.6 Å². The molecule has 90 valence electrons. The fraction of sp³-hybridized carbons (Fsp3) is 0.500.